The smallest absolute Gasteiger partial charge is 0.337 e. The molecule has 1 aromatic carbocycles. The van der Waals surface area contributed by atoms with Crippen LogP contribution in [0, 0.1) is 0 Å². The van der Waals surface area contributed by atoms with Crippen LogP contribution in [0.2, 0.25) is 38.8 Å². The fourth-order valence-corrected chi connectivity index (χ4v) is 13.0. The molecule has 5 nitrogen and oxygen atoms in total. The Labute approximate surface area is 236 Å². The van der Waals surface area contributed by atoms with Gasteiger partial charge in [0.15, 0.2) is 16.6 Å². The molecule has 0 fully saturated rings. The van der Waals surface area contributed by atoms with Crippen molar-refractivity contribution in [1.82, 2.24) is 0 Å². The topological polar surface area (TPSA) is 54.0 Å². The van der Waals surface area contributed by atoms with E-state index in [2.05, 4.69) is 39.7 Å². The van der Waals surface area contributed by atoms with Crippen molar-refractivity contribution in [1.29, 1.82) is 0 Å². The second kappa shape index (κ2) is 19.8. The molecule has 0 spiro atoms. The van der Waals surface area contributed by atoms with Crippen LogP contribution in [0.1, 0.15) is 101 Å². The Morgan fingerprint density at radius 1 is 0.763 bits per heavy atom. The van der Waals surface area contributed by atoms with Gasteiger partial charge >= 0.3 is 5.97 Å². The van der Waals surface area contributed by atoms with Gasteiger partial charge in [0.2, 0.25) is 0 Å². The molecule has 0 radical (unpaired) electrons. The standard InChI is InChI=1S/C31H58O5Si2/c1-8-9-19-29(20-18-27-38(6,7)36-37(3,4)5)34-25-16-14-12-10-11-13-15-17-26-35-30-23-21-28(22-24-30)31(32)33-2/h21-24,29H,8-20,25-27H2,1-7H3. The van der Waals surface area contributed by atoms with E-state index in [0.717, 1.165) is 25.4 Å². The van der Waals surface area contributed by atoms with E-state index < -0.39 is 16.6 Å². The van der Waals surface area contributed by atoms with Crippen LogP contribution in [0.25, 0.3) is 0 Å². The van der Waals surface area contributed by atoms with Gasteiger partial charge in [-0.3, -0.25) is 0 Å². The summed E-state index contributed by atoms with van der Waals surface area (Å²) in [5, 5.41) is 0. The lowest BCUT2D eigenvalue weighted by molar-refractivity contribution is 0.0371. The van der Waals surface area contributed by atoms with Gasteiger partial charge in [-0.05, 0) is 88.7 Å². The first-order valence-electron chi connectivity index (χ1n) is 15.2. The third-order valence-electron chi connectivity index (χ3n) is 6.70. The minimum atomic E-state index is -1.54. The Morgan fingerprint density at radius 3 is 1.87 bits per heavy atom. The van der Waals surface area contributed by atoms with Gasteiger partial charge in [0, 0.05) is 6.61 Å². The molecule has 1 aromatic rings. The zero-order chi connectivity index (χ0) is 28.3. The lowest BCUT2D eigenvalue weighted by Crippen LogP contribution is -2.42. The summed E-state index contributed by atoms with van der Waals surface area (Å²) in [7, 11) is -1.60. The predicted molar refractivity (Wildman–Crippen MR) is 165 cm³/mol. The van der Waals surface area contributed by atoms with E-state index in [-0.39, 0.29) is 5.97 Å². The number of hydrogen-bond acceptors (Lipinski definition) is 5. The Hall–Kier alpha value is -1.16. The average molecular weight is 567 g/mol. The molecule has 1 atom stereocenters. The maximum Gasteiger partial charge on any atom is 0.337 e. The molecule has 0 heterocycles. The molecule has 0 saturated carbocycles. The second-order valence-electron chi connectivity index (χ2n) is 12.2. The van der Waals surface area contributed by atoms with Gasteiger partial charge in [0.25, 0.3) is 0 Å². The SMILES string of the molecule is CCCCC(CCC[Si](C)(C)O[Si](C)(C)C)OCCCCCCCCCCOc1ccc(C(=O)OC)cc1. The number of benzene rings is 1. The van der Waals surface area contributed by atoms with E-state index in [1.54, 1.807) is 12.1 Å². The van der Waals surface area contributed by atoms with Gasteiger partial charge in [0.05, 0.1) is 25.4 Å². The quantitative estimate of drug-likeness (QED) is 0.0750. The highest BCUT2D eigenvalue weighted by Gasteiger charge is 2.29. The summed E-state index contributed by atoms with van der Waals surface area (Å²) in [5.41, 5.74) is 0.548. The largest absolute Gasteiger partial charge is 0.494 e. The molecule has 0 aromatic heterocycles. The van der Waals surface area contributed by atoms with Crippen LogP contribution in [0.4, 0.5) is 0 Å². The molecule has 1 rings (SSSR count). The molecule has 0 aliphatic carbocycles. The fraction of sp³-hybridized carbons (Fsp3) is 0.774. The third kappa shape index (κ3) is 18.2. The van der Waals surface area contributed by atoms with Gasteiger partial charge < -0.3 is 18.3 Å². The van der Waals surface area contributed by atoms with E-state index in [4.69, 9.17) is 18.3 Å². The number of rotatable bonds is 23. The second-order valence-corrected chi connectivity index (χ2v) is 21.3. The van der Waals surface area contributed by atoms with Crippen LogP contribution in [0.3, 0.4) is 0 Å². The van der Waals surface area contributed by atoms with Crippen LogP contribution in [-0.4, -0.2) is 49.0 Å². The number of unbranched alkanes of at least 4 members (excludes halogenated alkanes) is 8. The van der Waals surface area contributed by atoms with Crippen molar-refractivity contribution in [2.45, 2.75) is 135 Å². The first kappa shape index (κ1) is 34.9. The summed E-state index contributed by atoms with van der Waals surface area (Å²) in [4.78, 5) is 11.5. The average Bonchev–Trinajstić information content (AvgIpc) is 2.85. The first-order valence-corrected chi connectivity index (χ1v) is 21.7. The highest BCUT2D eigenvalue weighted by molar-refractivity contribution is 6.84. The molecule has 220 valence electrons. The van der Waals surface area contributed by atoms with Crippen molar-refractivity contribution < 1.29 is 23.1 Å². The zero-order valence-corrected chi connectivity index (χ0v) is 27.7. The molecule has 0 saturated heterocycles. The van der Waals surface area contributed by atoms with E-state index in [9.17, 15) is 4.79 Å². The zero-order valence-electron chi connectivity index (χ0n) is 25.7. The lowest BCUT2D eigenvalue weighted by Gasteiger charge is -2.32. The summed E-state index contributed by atoms with van der Waals surface area (Å²) >= 11 is 0. The molecule has 0 amide bonds. The summed E-state index contributed by atoms with van der Waals surface area (Å²) in [5.74, 6) is 0.485. The van der Waals surface area contributed by atoms with Crippen molar-refractivity contribution in [2.75, 3.05) is 20.3 Å². The van der Waals surface area contributed by atoms with Crippen molar-refractivity contribution in [3.63, 3.8) is 0 Å². The lowest BCUT2D eigenvalue weighted by atomic mass is 10.1. The van der Waals surface area contributed by atoms with E-state index in [1.165, 1.54) is 90.2 Å². The van der Waals surface area contributed by atoms with Crippen LogP contribution in [0.5, 0.6) is 5.75 Å². The van der Waals surface area contributed by atoms with Gasteiger partial charge in [-0.25, -0.2) is 4.79 Å². The molecule has 0 aliphatic heterocycles. The molecule has 0 N–H and O–H groups in total. The molecular formula is C31H58O5Si2. The number of hydrogen-bond donors (Lipinski definition) is 0. The molecule has 38 heavy (non-hydrogen) atoms. The predicted octanol–water partition coefficient (Wildman–Crippen LogP) is 9.39. The molecule has 7 heteroatoms. The monoisotopic (exact) mass is 566 g/mol. The number of carbonyl (C=O) groups excluding carboxylic acids is 1. The fourth-order valence-electron chi connectivity index (χ4n) is 4.89. The van der Waals surface area contributed by atoms with Crippen LogP contribution in [-0.2, 0) is 13.6 Å². The van der Waals surface area contributed by atoms with Crippen molar-refractivity contribution in [3.05, 3.63) is 29.8 Å². The summed E-state index contributed by atoms with van der Waals surface area (Å²) in [6.45, 7) is 15.6. The van der Waals surface area contributed by atoms with Crippen LogP contribution in [0.15, 0.2) is 24.3 Å². The Kier molecular flexibility index (Phi) is 18.2. The first-order chi connectivity index (χ1) is 18.1. The minimum Gasteiger partial charge on any atom is -0.494 e. The third-order valence-corrected chi connectivity index (χ3v) is 12.9. The Morgan fingerprint density at radius 2 is 1.32 bits per heavy atom. The van der Waals surface area contributed by atoms with E-state index >= 15 is 0 Å². The number of esters is 1. The van der Waals surface area contributed by atoms with Gasteiger partial charge in [0.1, 0.15) is 5.75 Å². The van der Waals surface area contributed by atoms with Crippen molar-refractivity contribution in [3.8, 4) is 5.75 Å². The minimum absolute atomic E-state index is 0.319. The number of methoxy groups -OCH3 is 1. The summed E-state index contributed by atoms with van der Waals surface area (Å²) < 4.78 is 23.3. The summed E-state index contributed by atoms with van der Waals surface area (Å²) in [6.07, 6.45) is 16.5. The number of carbonyl (C=O) groups is 1. The van der Waals surface area contributed by atoms with Gasteiger partial charge in [-0.1, -0.05) is 64.7 Å². The normalized spacial score (nSPS) is 12.9. The van der Waals surface area contributed by atoms with Gasteiger partial charge in [-0.2, -0.15) is 0 Å². The Balaban J connectivity index is 2.05. The van der Waals surface area contributed by atoms with Crippen LogP contribution >= 0.6 is 0 Å². The molecule has 0 bridgehead atoms. The van der Waals surface area contributed by atoms with Crippen molar-refractivity contribution in [2.24, 2.45) is 0 Å². The molecular weight excluding hydrogens is 509 g/mol. The molecule has 1 unspecified atom stereocenters. The number of ether oxygens (including phenoxy) is 3. The summed E-state index contributed by atoms with van der Waals surface area (Å²) in [6, 6.07) is 8.39. The maximum absolute atomic E-state index is 11.5. The Bertz CT molecular complexity index is 731. The van der Waals surface area contributed by atoms with Crippen LogP contribution < -0.4 is 4.74 Å². The van der Waals surface area contributed by atoms with E-state index in [1.807, 2.05) is 12.1 Å². The van der Waals surface area contributed by atoms with Crippen molar-refractivity contribution >= 4 is 22.6 Å². The van der Waals surface area contributed by atoms with E-state index in [0.29, 0.717) is 11.7 Å². The highest BCUT2D eigenvalue weighted by Crippen LogP contribution is 2.23. The molecule has 0 aliphatic rings. The maximum atomic E-state index is 11.5. The van der Waals surface area contributed by atoms with Gasteiger partial charge in [-0.15, -0.1) is 0 Å². The highest BCUT2D eigenvalue weighted by atomic mass is 28.4.